The molecule has 0 bridgehead atoms. The van der Waals surface area contributed by atoms with Crippen molar-refractivity contribution in [2.45, 2.75) is 31.7 Å². The Bertz CT molecular complexity index is 387. The highest BCUT2D eigenvalue weighted by Crippen LogP contribution is 2.22. The molecule has 0 aliphatic heterocycles. The van der Waals surface area contributed by atoms with E-state index in [0.717, 1.165) is 24.2 Å². The van der Waals surface area contributed by atoms with Gasteiger partial charge in [-0.05, 0) is 31.4 Å². The van der Waals surface area contributed by atoms with E-state index >= 15 is 0 Å². The number of rotatable bonds is 1. The second kappa shape index (κ2) is 4.75. The molecule has 0 N–H and O–H groups in total. The number of para-hydroxylation sites is 1. The van der Waals surface area contributed by atoms with Crippen LogP contribution in [0.5, 0.6) is 0 Å². The fraction of sp³-hybridized carbons (Fsp3) is 0.385. The number of aliphatic imine (C=N–C) groups is 1. The van der Waals surface area contributed by atoms with Gasteiger partial charge in [0.25, 0.3) is 6.04 Å². The van der Waals surface area contributed by atoms with Crippen molar-refractivity contribution in [2.75, 3.05) is 0 Å². The largest absolute Gasteiger partial charge is 0.307 e. The minimum absolute atomic E-state index is 0.0268. The molecule has 1 aliphatic carbocycles. The Labute approximate surface area is 90.5 Å². The maximum absolute atomic E-state index is 7.14. The molecule has 1 atom stereocenters. The zero-order valence-corrected chi connectivity index (χ0v) is 8.69. The third-order valence-corrected chi connectivity index (χ3v) is 2.73. The van der Waals surface area contributed by atoms with Crippen molar-refractivity contribution in [1.29, 1.82) is 0 Å². The van der Waals surface area contributed by atoms with Crippen LogP contribution in [-0.2, 0) is 0 Å². The molecule has 1 unspecified atom stereocenters. The number of hydrogen-bond donors (Lipinski definition) is 0. The van der Waals surface area contributed by atoms with E-state index in [1.807, 2.05) is 30.3 Å². The van der Waals surface area contributed by atoms with Crippen molar-refractivity contribution >= 4 is 11.4 Å². The molecule has 1 aromatic rings. The van der Waals surface area contributed by atoms with Crippen LogP contribution in [0.15, 0.2) is 35.3 Å². The van der Waals surface area contributed by atoms with Gasteiger partial charge in [-0.1, -0.05) is 18.2 Å². The summed E-state index contributed by atoms with van der Waals surface area (Å²) < 4.78 is 0. The Morgan fingerprint density at radius 2 is 2.00 bits per heavy atom. The van der Waals surface area contributed by atoms with Crippen LogP contribution in [0.3, 0.4) is 0 Å². The number of benzene rings is 1. The van der Waals surface area contributed by atoms with Gasteiger partial charge in [-0.25, -0.2) is 11.6 Å². The van der Waals surface area contributed by atoms with Crippen LogP contribution in [0.2, 0.25) is 0 Å². The standard InChI is InChI=1S/C13H14N2/c1-14-12-9-5-6-10-13(12)15-11-7-3-2-4-8-11/h2-4,7-8,12H,5-6,9-10H2. The molecular weight excluding hydrogens is 184 g/mol. The summed E-state index contributed by atoms with van der Waals surface area (Å²) in [4.78, 5) is 8.22. The van der Waals surface area contributed by atoms with Crippen LogP contribution < -0.4 is 0 Å². The summed E-state index contributed by atoms with van der Waals surface area (Å²) in [5.74, 6) is 0. The first-order chi connectivity index (χ1) is 7.40. The summed E-state index contributed by atoms with van der Waals surface area (Å²) in [7, 11) is 0. The maximum atomic E-state index is 7.14. The van der Waals surface area contributed by atoms with Gasteiger partial charge < -0.3 is 4.85 Å². The molecule has 76 valence electrons. The van der Waals surface area contributed by atoms with E-state index in [9.17, 15) is 0 Å². The normalized spacial score (nSPS) is 23.7. The minimum Gasteiger partial charge on any atom is -0.307 e. The van der Waals surface area contributed by atoms with Crippen molar-refractivity contribution in [1.82, 2.24) is 0 Å². The van der Waals surface area contributed by atoms with Crippen LogP contribution in [0, 0.1) is 6.57 Å². The van der Waals surface area contributed by atoms with Crippen LogP contribution in [-0.4, -0.2) is 11.8 Å². The zero-order valence-electron chi connectivity index (χ0n) is 8.69. The van der Waals surface area contributed by atoms with Crippen LogP contribution in [0.1, 0.15) is 25.7 Å². The molecule has 1 fully saturated rings. The van der Waals surface area contributed by atoms with Gasteiger partial charge in [0.2, 0.25) is 0 Å². The Balaban J connectivity index is 2.22. The van der Waals surface area contributed by atoms with E-state index in [4.69, 9.17) is 6.57 Å². The molecule has 2 rings (SSSR count). The monoisotopic (exact) mass is 198 g/mol. The third-order valence-electron chi connectivity index (χ3n) is 2.73. The zero-order chi connectivity index (χ0) is 10.5. The summed E-state index contributed by atoms with van der Waals surface area (Å²) >= 11 is 0. The molecule has 0 amide bonds. The van der Waals surface area contributed by atoms with E-state index in [1.165, 1.54) is 12.8 Å². The van der Waals surface area contributed by atoms with Gasteiger partial charge in [-0.2, -0.15) is 0 Å². The lowest BCUT2D eigenvalue weighted by molar-refractivity contribution is 0.645. The van der Waals surface area contributed by atoms with Crippen molar-refractivity contribution in [3.05, 3.63) is 41.7 Å². The first kappa shape index (κ1) is 9.92. The summed E-state index contributed by atoms with van der Waals surface area (Å²) in [5.41, 5.74) is 2.05. The summed E-state index contributed by atoms with van der Waals surface area (Å²) in [6, 6.07) is 9.95. The van der Waals surface area contributed by atoms with Crippen LogP contribution in [0.25, 0.3) is 4.85 Å². The molecule has 1 aromatic carbocycles. The van der Waals surface area contributed by atoms with E-state index in [1.54, 1.807) is 0 Å². The van der Waals surface area contributed by atoms with Crippen LogP contribution >= 0.6 is 0 Å². The van der Waals surface area contributed by atoms with Crippen LogP contribution in [0.4, 0.5) is 5.69 Å². The molecule has 1 saturated carbocycles. The van der Waals surface area contributed by atoms with Crippen molar-refractivity contribution in [2.24, 2.45) is 4.99 Å². The Morgan fingerprint density at radius 3 is 2.73 bits per heavy atom. The first-order valence-electron chi connectivity index (χ1n) is 5.39. The lowest BCUT2D eigenvalue weighted by atomic mass is 9.94. The predicted octanol–water partition coefficient (Wildman–Crippen LogP) is 3.62. The fourth-order valence-corrected chi connectivity index (χ4v) is 1.91. The van der Waals surface area contributed by atoms with E-state index in [-0.39, 0.29) is 6.04 Å². The summed E-state index contributed by atoms with van der Waals surface area (Å²) in [6.07, 6.45) is 4.32. The molecule has 15 heavy (non-hydrogen) atoms. The van der Waals surface area contributed by atoms with Gasteiger partial charge in [-0.15, -0.1) is 0 Å². The van der Waals surface area contributed by atoms with Gasteiger partial charge >= 0.3 is 0 Å². The Kier molecular flexibility index (Phi) is 3.14. The van der Waals surface area contributed by atoms with Gasteiger partial charge in [0.1, 0.15) is 5.71 Å². The topological polar surface area (TPSA) is 16.7 Å². The highest BCUT2D eigenvalue weighted by Gasteiger charge is 2.24. The van der Waals surface area contributed by atoms with E-state index in [2.05, 4.69) is 9.84 Å². The highest BCUT2D eigenvalue weighted by molar-refractivity contribution is 5.93. The Morgan fingerprint density at radius 1 is 1.20 bits per heavy atom. The molecule has 1 aliphatic rings. The van der Waals surface area contributed by atoms with Gasteiger partial charge in [0.15, 0.2) is 0 Å². The first-order valence-corrected chi connectivity index (χ1v) is 5.39. The van der Waals surface area contributed by atoms with Gasteiger partial charge in [0.05, 0.1) is 5.69 Å². The smallest absolute Gasteiger partial charge is 0.261 e. The van der Waals surface area contributed by atoms with Crippen molar-refractivity contribution < 1.29 is 0 Å². The molecule has 0 heterocycles. The van der Waals surface area contributed by atoms with Gasteiger partial charge in [-0.3, -0.25) is 0 Å². The Hall–Kier alpha value is -1.62. The third kappa shape index (κ3) is 2.44. The predicted molar refractivity (Wildman–Crippen MR) is 62.4 cm³/mol. The van der Waals surface area contributed by atoms with Crippen molar-refractivity contribution in [3.8, 4) is 0 Å². The second-order valence-electron chi connectivity index (χ2n) is 3.83. The molecular formula is C13H14N2. The summed E-state index contributed by atoms with van der Waals surface area (Å²) in [6.45, 7) is 7.14. The summed E-state index contributed by atoms with van der Waals surface area (Å²) in [5, 5.41) is 0. The van der Waals surface area contributed by atoms with E-state index in [0.29, 0.717) is 0 Å². The average molecular weight is 198 g/mol. The maximum Gasteiger partial charge on any atom is 0.261 e. The number of hydrogen-bond acceptors (Lipinski definition) is 1. The lowest BCUT2D eigenvalue weighted by Gasteiger charge is -2.14. The fourth-order valence-electron chi connectivity index (χ4n) is 1.91. The number of nitrogens with zero attached hydrogens (tertiary/aromatic N) is 2. The second-order valence-corrected chi connectivity index (χ2v) is 3.83. The molecule has 0 aromatic heterocycles. The molecule has 0 saturated heterocycles. The molecule has 0 spiro atoms. The minimum atomic E-state index is 0.0268. The molecule has 2 heteroatoms. The molecule has 2 nitrogen and oxygen atoms in total. The highest BCUT2D eigenvalue weighted by atomic mass is 14.8. The van der Waals surface area contributed by atoms with Crippen molar-refractivity contribution in [3.63, 3.8) is 0 Å². The average Bonchev–Trinajstić information content (AvgIpc) is 2.31. The quantitative estimate of drug-likeness (QED) is 0.613. The molecule has 0 radical (unpaired) electrons. The lowest BCUT2D eigenvalue weighted by Crippen LogP contribution is -2.21. The van der Waals surface area contributed by atoms with E-state index < -0.39 is 0 Å². The van der Waals surface area contributed by atoms with Gasteiger partial charge in [0, 0.05) is 6.42 Å². The SMILES string of the molecule is [C-]#[N+]C1CCCCC1=Nc1ccccc1.